The highest BCUT2D eigenvalue weighted by molar-refractivity contribution is 7.89. The molecule has 0 saturated carbocycles. The molecule has 0 aromatic carbocycles. The maximum Gasteiger partial charge on any atom is 0.213 e. The summed E-state index contributed by atoms with van der Waals surface area (Å²) < 4.78 is 30.0. The number of hydrogen-bond acceptors (Lipinski definition) is 5. The van der Waals surface area contributed by atoms with Crippen LogP contribution in [0.25, 0.3) is 0 Å². The summed E-state index contributed by atoms with van der Waals surface area (Å²) in [5.41, 5.74) is 0. The molecule has 1 rings (SSSR count). The smallest absolute Gasteiger partial charge is 0.213 e. The number of hydrogen-bond donors (Lipinski definition) is 0. The van der Waals surface area contributed by atoms with Crippen LogP contribution in [0.5, 0.6) is 0 Å². The zero-order valence-electron chi connectivity index (χ0n) is 13.9. The zero-order chi connectivity index (χ0) is 15.9. The lowest BCUT2D eigenvalue weighted by atomic mass is 10.1. The summed E-state index contributed by atoms with van der Waals surface area (Å²) in [5.74, 6) is 0.237. The molecule has 6 nitrogen and oxygen atoms in total. The van der Waals surface area contributed by atoms with Crippen molar-refractivity contribution in [1.29, 1.82) is 0 Å². The Hall–Kier alpha value is -0.210. The monoisotopic (exact) mass is 321 g/mol. The predicted octanol–water partition coefficient (Wildman–Crippen LogP) is 0.311. The number of rotatable bonds is 9. The molecule has 0 bridgehead atoms. The molecule has 0 amide bonds. The third-order valence-electron chi connectivity index (χ3n) is 4.18. The third kappa shape index (κ3) is 6.20. The Morgan fingerprint density at radius 3 is 2.52 bits per heavy atom. The van der Waals surface area contributed by atoms with E-state index in [2.05, 4.69) is 16.7 Å². The Bertz CT molecular complexity index is 387. The molecule has 126 valence electrons. The second-order valence-electron chi connectivity index (χ2n) is 5.84. The predicted molar refractivity (Wildman–Crippen MR) is 86.1 cm³/mol. The number of nitrogens with zero attached hydrogens (tertiary/aromatic N) is 3. The third-order valence-corrected chi connectivity index (χ3v) is 6.09. The van der Waals surface area contributed by atoms with E-state index in [-0.39, 0.29) is 5.75 Å². The maximum absolute atomic E-state index is 11.7. The van der Waals surface area contributed by atoms with E-state index in [1.165, 1.54) is 4.31 Å². The van der Waals surface area contributed by atoms with E-state index in [0.717, 1.165) is 45.8 Å². The molecule has 1 atom stereocenters. The van der Waals surface area contributed by atoms with E-state index in [4.69, 9.17) is 4.74 Å². The van der Waals surface area contributed by atoms with Crippen LogP contribution in [0.15, 0.2) is 0 Å². The van der Waals surface area contributed by atoms with Crippen molar-refractivity contribution in [2.45, 2.75) is 25.8 Å². The molecule has 0 N–H and O–H groups in total. The second-order valence-corrected chi connectivity index (χ2v) is 8.15. The van der Waals surface area contributed by atoms with E-state index in [9.17, 15) is 8.42 Å². The topological polar surface area (TPSA) is 53.1 Å². The fraction of sp³-hybridized carbons (Fsp3) is 1.00. The van der Waals surface area contributed by atoms with Crippen molar-refractivity contribution in [1.82, 2.24) is 14.1 Å². The average Bonchev–Trinajstić information content (AvgIpc) is 2.45. The molecule has 1 heterocycles. The van der Waals surface area contributed by atoms with Crippen LogP contribution in [0, 0.1) is 0 Å². The molecule has 21 heavy (non-hydrogen) atoms. The first-order chi connectivity index (χ1) is 9.90. The lowest BCUT2D eigenvalue weighted by Gasteiger charge is -2.41. The fourth-order valence-electron chi connectivity index (χ4n) is 2.70. The average molecular weight is 321 g/mol. The number of sulfonamides is 1. The van der Waals surface area contributed by atoms with Crippen LogP contribution in [0.2, 0.25) is 0 Å². The summed E-state index contributed by atoms with van der Waals surface area (Å²) in [7, 11) is 1.87. The Kier molecular flexibility index (Phi) is 8.12. The Morgan fingerprint density at radius 1 is 1.24 bits per heavy atom. The summed E-state index contributed by atoms with van der Waals surface area (Å²) >= 11 is 0. The Balaban J connectivity index is 2.36. The maximum atomic E-state index is 11.7. The summed E-state index contributed by atoms with van der Waals surface area (Å²) in [6, 6.07) is 0.555. The van der Waals surface area contributed by atoms with Gasteiger partial charge >= 0.3 is 0 Å². The van der Waals surface area contributed by atoms with Crippen molar-refractivity contribution in [3.8, 4) is 0 Å². The molecule has 7 heteroatoms. The highest BCUT2D eigenvalue weighted by Crippen LogP contribution is 2.13. The van der Waals surface area contributed by atoms with Gasteiger partial charge in [0.2, 0.25) is 10.0 Å². The standard InChI is InChI=1S/C14H31N3O3S/c1-5-14-13-16(8-9-17(14)10-11-20-4)7-6-12-21(18,19)15(2)3/h14H,5-13H2,1-4H3/t14-/m1/s1. The Labute approximate surface area is 130 Å². The fourth-order valence-corrected chi connectivity index (χ4v) is 3.56. The molecule has 0 aliphatic carbocycles. The van der Waals surface area contributed by atoms with Gasteiger partial charge in [-0.2, -0.15) is 0 Å². The first-order valence-electron chi connectivity index (χ1n) is 7.76. The molecule has 1 aliphatic rings. The van der Waals surface area contributed by atoms with E-state index in [1.54, 1.807) is 21.2 Å². The van der Waals surface area contributed by atoms with Crippen molar-refractivity contribution in [2.24, 2.45) is 0 Å². The van der Waals surface area contributed by atoms with E-state index < -0.39 is 10.0 Å². The largest absolute Gasteiger partial charge is 0.383 e. The summed E-state index contributed by atoms with van der Waals surface area (Å²) in [6.45, 7) is 7.92. The highest BCUT2D eigenvalue weighted by Gasteiger charge is 2.25. The van der Waals surface area contributed by atoms with Gasteiger partial charge in [0, 0.05) is 53.4 Å². The minimum Gasteiger partial charge on any atom is -0.383 e. The molecular weight excluding hydrogens is 290 g/mol. The van der Waals surface area contributed by atoms with Gasteiger partial charge in [0.15, 0.2) is 0 Å². The van der Waals surface area contributed by atoms with Gasteiger partial charge in [-0.25, -0.2) is 12.7 Å². The molecule has 0 aromatic rings. The Morgan fingerprint density at radius 2 is 1.95 bits per heavy atom. The van der Waals surface area contributed by atoms with E-state index in [1.807, 2.05) is 0 Å². The van der Waals surface area contributed by atoms with E-state index >= 15 is 0 Å². The SMILES string of the molecule is CC[C@@H]1CN(CCCS(=O)(=O)N(C)C)CCN1CCOC. The van der Waals surface area contributed by atoms with Gasteiger partial charge in [0.1, 0.15) is 0 Å². The molecule has 1 aliphatic heterocycles. The van der Waals surface area contributed by atoms with Crippen LogP contribution in [-0.2, 0) is 14.8 Å². The minimum atomic E-state index is -3.06. The molecule has 1 saturated heterocycles. The molecule has 0 aromatic heterocycles. The van der Waals surface area contributed by atoms with Crippen molar-refractivity contribution in [2.75, 3.05) is 66.3 Å². The molecule has 0 spiro atoms. The van der Waals surface area contributed by atoms with Crippen LogP contribution < -0.4 is 0 Å². The first-order valence-corrected chi connectivity index (χ1v) is 9.37. The quantitative estimate of drug-likeness (QED) is 0.612. The van der Waals surface area contributed by atoms with Gasteiger partial charge in [0.05, 0.1) is 12.4 Å². The van der Waals surface area contributed by atoms with Crippen molar-refractivity contribution in [3.63, 3.8) is 0 Å². The minimum absolute atomic E-state index is 0.237. The normalized spacial score (nSPS) is 22.0. The summed E-state index contributed by atoms with van der Waals surface area (Å²) in [6.07, 6.45) is 1.82. The van der Waals surface area contributed by atoms with Crippen molar-refractivity contribution in [3.05, 3.63) is 0 Å². The van der Waals surface area contributed by atoms with Gasteiger partial charge in [-0.3, -0.25) is 4.90 Å². The van der Waals surface area contributed by atoms with Crippen molar-refractivity contribution >= 4 is 10.0 Å². The molecule has 0 radical (unpaired) electrons. The summed E-state index contributed by atoms with van der Waals surface area (Å²) in [5, 5.41) is 0. The van der Waals surface area contributed by atoms with Gasteiger partial charge < -0.3 is 9.64 Å². The van der Waals surface area contributed by atoms with Gasteiger partial charge in [-0.15, -0.1) is 0 Å². The molecule has 1 fully saturated rings. The number of methoxy groups -OCH3 is 1. The van der Waals surface area contributed by atoms with Crippen LogP contribution in [-0.4, -0.2) is 94.9 Å². The lowest BCUT2D eigenvalue weighted by Crippen LogP contribution is -2.53. The second kappa shape index (κ2) is 9.05. The number of ether oxygens (including phenoxy) is 1. The summed E-state index contributed by atoms with van der Waals surface area (Å²) in [4.78, 5) is 4.87. The molecule has 0 unspecified atom stereocenters. The molecular formula is C14H31N3O3S. The van der Waals surface area contributed by atoms with E-state index in [0.29, 0.717) is 12.5 Å². The van der Waals surface area contributed by atoms with Gasteiger partial charge in [-0.1, -0.05) is 6.92 Å². The first kappa shape index (κ1) is 18.8. The highest BCUT2D eigenvalue weighted by atomic mass is 32.2. The van der Waals surface area contributed by atoms with Crippen LogP contribution in [0.1, 0.15) is 19.8 Å². The van der Waals surface area contributed by atoms with Gasteiger partial charge in [0.25, 0.3) is 0 Å². The van der Waals surface area contributed by atoms with Crippen LogP contribution in [0.3, 0.4) is 0 Å². The van der Waals surface area contributed by atoms with Crippen LogP contribution >= 0.6 is 0 Å². The van der Waals surface area contributed by atoms with Crippen LogP contribution in [0.4, 0.5) is 0 Å². The zero-order valence-corrected chi connectivity index (χ0v) is 14.7. The van der Waals surface area contributed by atoms with Gasteiger partial charge in [-0.05, 0) is 19.4 Å². The van der Waals surface area contributed by atoms with Crippen molar-refractivity contribution < 1.29 is 13.2 Å². The lowest BCUT2D eigenvalue weighted by molar-refractivity contribution is 0.0499. The number of piperazine rings is 1.